The van der Waals surface area contributed by atoms with Crippen LogP contribution in [0, 0.1) is 0 Å². The normalized spacial score (nSPS) is 8.07. The van der Waals surface area contributed by atoms with Crippen LogP contribution in [0.25, 0.3) is 0 Å². The minimum Gasteiger partial charge on any atom is -0.209 e. The number of rotatable bonds is 4. The lowest BCUT2D eigenvalue weighted by atomic mass is 10.4. The van der Waals surface area contributed by atoms with Gasteiger partial charge in [-0.25, -0.2) is 4.89 Å². The molecule has 0 N–H and O–H groups in total. The lowest BCUT2D eigenvalue weighted by Gasteiger charge is -1.96. The summed E-state index contributed by atoms with van der Waals surface area (Å²) in [5, 5.41) is 4.20. The molecule has 0 aromatic heterocycles. The summed E-state index contributed by atoms with van der Waals surface area (Å²) in [6, 6.07) is 9.58. The second-order valence-corrected chi connectivity index (χ2v) is 2.47. The Hall–Kier alpha value is -0.550. The maximum Gasteiger partial charge on any atom is 0.0744 e. The Morgan fingerprint density at radius 2 is 1.47 bits per heavy atom. The number of benzene rings is 1. The quantitative estimate of drug-likeness (QED) is 0.335. The van der Waals surface area contributed by atoms with E-state index < -0.39 is 0 Å². The van der Waals surface area contributed by atoms with Crippen LogP contribution in [-0.4, -0.2) is 7.11 Å². The Morgan fingerprint density at radius 1 is 0.933 bits per heavy atom. The van der Waals surface area contributed by atoms with Gasteiger partial charge in [0, 0.05) is 4.90 Å². The zero-order valence-corrected chi connectivity index (χ0v) is 10.8. The van der Waals surface area contributed by atoms with Crippen molar-refractivity contribution in [2.75, 3.05) is 7.11 Å². The summed E-state index contributed by atoms with van der Waals surface area (Å²) in [5.74, 6) is 0. The van der Waals surface area contributed by atoms with Gasteiger partial charge in [-0.3, -0.25) is 0 Å². The van der Waals surface area contributed by atoms with E-state index in [-0.39, 0.29) is 0 Å². The summed E-state index contributed by atoms with van der Waals surface area (Å²) >= 11 is 1.10. The second-order valence-electron chi connectivity index (χ2n) is 1.70. The lowest BCUT2D eigenvalue weighted by molar-refractivity contribution is -0.447. The molecule has 0 aliphatic carbocycles. The SMILES string of the molecule is CC.CC.COOOSc1ccccc1. The number of hydrogen-bond donors (Lipinski definition) is 0. The molecule has 0 aliphatic heterocycles. The Labute approximate surface area is 96.8 Å². The molecule has 15 heavy (non-hydrogen) atoms. The summed E-state index contributed by atoms with van der Waals surface area (Å²) in [6.07, 6.45) is 0. The van der Waals surface area contributed by atoms with E-state index in [1.54, 1.807) is 0 Å². The van der Waals surface area contributed by atoms with E-state index in [1.807, 2.05) is 58.0 Å². The van der Waals surface area contributed by atoms with Crippen LogP contribution in [0.3, 0.4) is 0 Å². The van der Waals surface area contributed by atoms with E-state index in [0.29, 0.717) is 0 Å². The molecule has 0 amide bonds. The van der Waals surface area contributed by atoms with Crippen molar-refractivity contribution in [3.8, 4) is 0 Å². The molecule has 1 aromatic rings. The third-order valence-electron chi connectivity index (χ3n) is 0.969. The standard InChI is InChI=1S/C7H8O3S.2C2H6/c1-8-9-10-11-7-5-3-2-4-6-7;2*1-2/h2-6H,1H3;2*1-2H3. The first kappa shape index (κ1) is 16.9. The van der Waals surface area contributed by atoms with Crippen molar-refractivity contribution >= 4 is 12.0 Å². The Bertz CT molecular complexity index is 192. The zero-order valence-electron chi connectivity index (χ0n) is 10.0. The van der Waals surface area contributed by atoms with Crippen LogP contribution in [0.1, 0.15) is 27.7 Å². The molecular formula is C11H20O3S. The van der Waals surface area contributed by atoms with E-state index in [4.69, 9.17) is 0 Å². The largest absolute Gasteiger partial charge is 0.209 e. The van der Waals surface area contributed by atoms with Crippen molar-refractivity contribution < 1.29 is 14.3 Å². The van der Waals surface area contributed by atoms with E-state index in [1.165, 1.54) is 7.11 Å². The van der Waals surface area contributed by atoms with Crippen molar-refractivity contribution in [3.05, 3.63) is 30.3 Å². The fourth-order valence-corrected chi connectivity index (χ4v) is 0.987. The molecule has 0 saturated heterocycles. The minimum absolute atomic E-state index is 0.963. The highest BCUT2D eigenvalue weighted by Crippen LogP contribution is 2.17. The van der Waals surface area contributed by atoms with Gasteiger partial charge in [0.1, 0.15) is 0 Å². The molecule has 0 aliphatic rings. The van der Waals surface area contributed by atoms with Gasteiger partial charge in [-0.05, 0) is 12.1 Å². The van der Waals surface area contributed by atoms with Gasteiger partial charge >= 0.3 is 0 Å². The van der Waals surface area contributed by atoms with Crippen LogP contribution < -0.4 is 0 Å². The Balaban J connectivity index is 0. The van der Waals surface area contributed by atoms with Crippen LogP contribution in [0.15, 0.2) is 35.2 Å². The monoisotopic (exact) mass is 232 g/mol. The third-order valence-corrected chi connectivity index (χ3v) is 1.56. The summed E-state index contributed by atoms with van der Waals surface area (Å²) in [4.78, 5) is 5.18. The van der Waals surface area contributed by atoms with E-state index in [0.717, 1.165) is 16.9 Å². The number of hydrogen-bond acceptors (Lipinski definition) is 4. The lowest BCUT2D eigenvalue weighted by Crippen LogP contribution is -1.83. The summed E-state index contributed by atoms with van der Waals surface area (Å²) < 4.78 is 4.56. The maximum atomic E-state index is 4.56. The molecule has 0 bridgehead atoms. The first-order chi connectivity index (χ1) is 7.43. The molecule has 1 rings (SSSR count). The molecule has 3 nitrogen and oxygen atoms in total. The fraction of sp³-hybridized carbons (Fsp3) is 0.455. The van der Waals surface area contributed by atoms with E-state index in [2.05, 4.69) is 14.3 Å². The second kappa shape index (κ2) is 15.9. The maximum absolute atomic E-state index is 4.56. The van der Waals surface area contributed by atoms with Crippen LogP contribution >= 0.6 is 12.0 Å². The van der Waals surface area contributed by atoms with Gasteiger partial charge < -0.3 is 0 Å². The molecule has 0 saturated carbocycles. The van der Waals surface area contributed by atoms with Crippen molar-refractivity contribution in [2.45, 2.75) is 32.6 Å². The van der Waals surface area contributed by atoms with Gasteiger partial charge in [0.2, 0.25) is 0 Å². The van der Waals surface area contributed by atoms with E-state index >= 15 is 0 Å². The van der Waals surface area contributed by atoms with Crippen LogP contribution in [0.5, 0.6) is 0 Å². The summed E-state index contributed by atoms with van der Waals surface area (Å²) in [5.41, 5.74) is 0. The topological polar surface area (TPSA) is 27.7 Å². The van der Waals surface area contributed by atoms with Gasteiger partial charge in [-0.15, -0.1) is 4.33 Å². The third kappa shape index (κ3) is 11.4. The smallest absolute Gasteiger partial charge is 0.0744 e. The molecule has 1 aromatic carbocycles. The predicted octanol–water partition coefficient (Wildman–Crippen LogP) is 4.26. The highest BCUT2D eigenvalue weighted by molar-refractivity contribution is 7.94. The van der Waals surface area contributed by atoms with Crippen LogP contribution in [0.4, 0.5) is 0 Å². The first-order valence-electron chi connectivity index (χ1n) is 5.02. The van der Waals surface area contributed by atoms with Gasteiger partial charge in [-0.1, -0.05) is 50.9 Å². The predicted molar refractivity (Wildman–Crippen MR) is 64.2 cm³/mol. The first-order valence-corrected chi connectivity index (χ1v) is 5.76. The molecule has 0 atom stereocenters. The van der Waals surface area contributed by atoms with Gasteiger partial charge in [-0.2, -0.15) is 0 Å². The van der Waals surface area contributed by atoms with Crippen molar-refractivity contribution in [3.63, 3.8) is 0 Å². The average molecular weight is 232 g/mol. The van der Waals surface area contributed by atoms with Crippen molar-refractivity contribution in [1.82, 2.24) is 0 Å². The van der Waals surface area contributed by atoms with Crippen LogP contribution in [0.2, 0.25) is 0 Å². The van der Waals surface area contributed by atoms with Gasteiger partial charge in [0.15, 0.2) is 0 Å². The molecular weight excluding hydrogens is 212 g/mol. The fourth-order valence-electron chi connectivity index (χ4n) is 0.557. The minimum atomic E-state index is 0.963. The van der Waals surface area contributed by atoms with Gasteiger partial charge in [0.05, 0.1) is 19.2 Å². The van der Waals surface area contributed by atoms with Gasteiger partial charge in [0.25, 0.3) is 0 Å². The Morgan fingerprint density at radius 3 is 1.93 bits per heavy atom. The molecule has 0 radical (unpaired) electrons. The van der Waals surface area contributed by atoms with E-state index in [9.17, 15) is 0 Å². The molecule has 88 valence electrons. The molecule has 0 fully saturated rings. The highest BCUT2D eigenvalue weighted by Gasteiger charge is 1.92. The highest BCUT2D eigenvalue weighted by atomic mass is 32.2. The molecule has 0 spiro atoms. The van der Waals surface area contributed by atoms with Crippen molar-refractivity contribution in [1.29, 1.82) is 0 Å². The molecule has 4 heteroatoms. The average Bonchev–Trinajstić information content (AvgIpc) is 2.36. The van der Waals surface area contributed by atoms with Crippen molar-refractivity contribution in [2.24, 2.45) is 0 Å². The molecule has 0 heterocycles. The zero-order chi connectivity index (χ0) is 11.9. The molecule has 0 unspecified atom stereocenters. The summed E-state index contributed by atoms with van der Waals surface area (Å²) in [6.45, 7) is 8.00. The Kier molecular flexibility index (Phi) is 17.9. The summed E-state index contributed by atoms with van der Waals surface area (Å²) in [7, 11) is 1.38. The van der Waals surface area contributed by atoms with Crippen LogP contribution in [-0.2, 0) is 14.3 Å².